The molecule has 0 spiro atoms. The predicted molar refractivity (Wildman–Crippen MR) is 106 cm³/mol. The van der Waals surface area contributed by atoms with Crippen LogP contribution in [0.2, 0.25) is 0 Å². The molecule has 0 aliphatic heterocycles. The fourth-order valence-electron chi connectivity index (χ4n) is 3.07. The summed E-state index contributed by atoms with van der Waals surface area (Å²) in [6.07, 6.45) is 10.6. The van der Waals surface area contributed by atoms with E-state index in [-0.39, 0.29) is 6.04 Å². The molecule has 140 valence electrons. The molecule has 2 aromatic heterocycles. The van der Waals surface area contributed by atoms with Gasteiger partial charge in [-0.1, -0.05) is 18.1 Å². The third-order valence-electron chi connectivity index (χ3n) is 4.56. The Kier molecular flexibility index (Phi) is 6.00. The van der Waals surface area contributed by atoms with Gasteiger partial charge in [0.25, 0.3) is 0 Å². The van der Waals surface area contributed by atoms with Gasteiger partial charge in [0, 0.05) is 29.6 Å². The Morgan fingerprint density at radius 2 is 2.07 bits per heavy atom. The molecule has 0 fully saturated rings. The maximum atomic E-state index is 5.83. The zero-order valence-electron chi connectivity index (χ0n) is 15.9. The fourth-order valence-corrected chi connectivity index (χ4v) is 3.07. The number of fused-ring (bicyclic) bond motifs is 1. The average Bonchev–Trinajstić information content (AvgIpc) is 3.11. The lowest BCUT2D eigenvalue weighted by Crippen LogP contribution is -2.28. The van der Waals surface area contributed by atoms with E-state index in [4.69, 9.17) is 20.3 Å². The molecule has 0 amide bonds. The van der Waals surface area contributed by atoms with Crippen molar-refractivity contribution in [3.8, 4) is 24.0 Å². The van der Waals surface area contributed by atoms with Crippen LogP contribution in [0.1, 0.15) is 11.1 Å². The number of furan rings is 1. The molecule has 0 saturated carbocycles. The Balaban J connectivity index is 1.87. The first-order valence-corrected chi connectivity index (χ1v) is 8.86. The van der Waals surface area contributed by atoms with Gasteiger partial charge in [-0.25, -0.2) is 4.98 Å². The van der Waals surface area contributed by atoms with Gasteiger partial charge < -0.3 is 13.9 Å². The zero-order valence-corrected chi connectivity index (χ0v) is 15.9. The second-order valence-electron chi connectivity index (χ2n) is 6.51. The normalized spacial score (nSPS) is 12.1. The minimum Gasteiger partial charge on any atom is -0.493 e. The molecule has 0 bridgehead atoms. The molecular formula is C22H24N2O3. The molecular weight excluding hydrogens is 340 g/mol. The Labute approximate surface area is 159 Å². The van der Waals surface area contributed by atoms with E-state index in [2.05, 4.69) is 17.0 Å². The van der Waals surface area contributed by atoms with Gasteiger partial charge in [-0.2, -0.15) is 0 Å². The van der Waals surface area contributed by atoms with E-state index in [1.54, 1.807) is 19.6 Å². The number of aromatic nitrogens is 1. The monoisotopic (exact) mass is 364 g/mol. The van der Waals surface area contributed by atoms with Crippen molar-refractivity contribution in [2.75, 3.05) is 27.8 Å². The third kappa shape index (κ3) is 4.24. The average molecular weight is 364 g/mol. The number of rotatable bonds is 8. The summed E-state index contributed by atoms with van der Waals surface area (Å²) in [4.78, 5) is 6.22. The van der Waals surface area contributed by atoms with E-state index >= 15 is 0 Å². The van der Waals surface area contributed by atoms with Gasteiger partial charge in [-0.05, 0) is 38.2 Å². The Morgan fingerprint density at radius 3 is 2.74 bits per heavy atom. The van der Waals surface area contributed by atoms with E-state index in [1.165, 1.54) is 0 Å². The standard InChI is InChI=1S/C22H24N2O3/c1-5-18(24(2)3)14-16-9-10-19(25-4)22-21(16)17(15-27-22)11-13-26-20-8-6-7-12-23-20/h1,6-10,12,15,18H,11,13-14H2,2-4H3/t18-/m0/s1. The lowest BCUT2D eigenvalue weighted by atomic mass is 9.98. The van der Waals surface area contributed by atoms with Gasteiger partial charge >= 0.3 is 0 Å². The van der Waals surface area contributed by atoms with Gasteiger partial charge in [-0.15, -0.1) is 6.42 Å². The van der Waals surface area contributed by atoms with Crippen LogP contribution in [-0.2, 0) is 12.8 Å². The first-order valence-electron chi connectivity index (χ1n) is 8.86. The summed E-state index contributed by atoms with van der Waals surface area (Å²) >= 11 is 0. The minimum absolute atomic E-state index is 0.00844. The molecule has 27 heavy (non-hydrogen) atoms. The third-order valence-corrected chi connectivity index (χ3v) is 4.56. The topological polar surface area (TPSA) is 47.7 Å². The van der Waals surface area contributed by atoms with Crippen molar-refractivity contribution < 1.29 is 13.9 Å². The predicted octanol–water partition coefficient (Wildman–Crippen LogP) is 3.56. The molecule has 0 radical (unpaired) electrons. The van der Waals surface area contributed by atoms with Gasteiger partial charge in [0.2, 0.25) is 5.88 Å². The first-order chi connectivity index (χ1) is 13.1. The smallest absolute Gasteiger partial charge is 0.213 e. The van der Waals surface area contributed by atoms with E-state index in [0.717, 1.165) is 28.5 Å². The van der Waals surface area contributed by atoms with E-state index < -0.39 is 0 Å². The van der Waals surface area contributed by atoms with Crippen LogP contribution in [0.5, 0.6) is 11.6 Å². The highest BCUT2D eigenvalue weighted by atomic mass is 16.5. The molecule has 0 saturated heterocycles. The molecule has 0 unspecified atom stereocenters. The summed E-state index contributed by atoms with van der Waals surface area (Å²) in [5, 5.41) is 1.06. The van der Waals surface area contributed by atoms with Gasteiger partial charge in [-0.3, -0.25) is 4.90 Å². The quantitative estimate of drug-likeness (QED) is 0.572. The molecule has 3 aromatic rings. The van der Waals surface area contributed by atoms with Crippen LogP contribution < -0.4 is 9.47 Å². The van der Waals surface area contributed by atoms with Crippen LogP contribution in [0.4, 0.5) is 0 Å². The maximum absolute atomic E-state index is 5.83. The summed E-state index contributed by atoms with van der Waals surface area (Å²) in [5.74, 6) is 4.18. The van der Waals surface area contributed by atoms with E-state index in [1.807, 2.05) is 43.3 Å². The summed E-state index contributed by atoms with van der Waals surface area (Å²) in [6.45, 7) is 0.508. The molecule has 1 aromatic carbocycles. The van der Waals surface area contributed by atoms with Gasteiger partial charge in [0.15, 0.2) is 11.3 Å². The molecule has 2 heterocycles. The summed E-state index contributed by atoms with van der Waals surface area (Å²) in [6, 6.07) is 9.61. The largest absolute Gasteiger partial charge is 0.493 e. The van der Waals surface area contributed by atoms with E-state index in [9.17, 15) is 0 Å². The van der Waals surface area contributed by atoms with Crippen LogP contribution in [0, 0.1) is 12.3 Å². The first kappa shape index (κ1) is 18.8. The van der Waals surface area contributed by atoms with Crippen molar-refractivity contribution >= 4 is 11.0 Å². The molecule has 5 nitrogen and oxygen atoms in total. The fraction of sp³-hybridized carbons (Fsp3) is 0.318. The van der Waals surface area contributed by atoms with Crippen molar-refractivity contribution in [3.05, 3.63) is 53.9 Å². The highest BCUT2D eigenvalue weighted by molar-refractivity contribution is 5.89. The summed E-state index contributed by atoms with van der Waals surface area (Å²) in [5.41, 5.74) is 2.96. The number of likely N-dealkylation sites (N-methyl/N-ethyl adjacent to an activating group) is 1. The van der Waals surface area contributed by atoms with Crippen molar-refractivity contribution in [1.82, 2.24) is 9.88 Å². The van der Waals surface area contributed by atoms with Crippen molar-refractivity contribution in [2.24, 2.45) is 0 Å². The van der Waals surface area contributed by atoms with Crippen LogP contribution in [0.25, 0.3) is 11.0 Å². The van der Waals surface area contributed by atoms with Crippen molar-refractivity contribution in [3.63, 3.8) is 0 Å². The minimum atomic E-state index is 0.00844. The Morgan fingerprint density at radius 1 is 1.22 bits per heavy atom. The van der Waals surface area contributed by atoms with Gasteiger partial charge in [0.05, 0.1) is 26.0 Å². The number of nitrogens with zero attached hydrogens (tertiary/aromatic N) is 2. The van der Waals surface area contributed by atoms with Crippen LogP contribution in [0.3, 0.4) is 0 Å². The van der Waals surface area contributed by atoms with E-state index in [0.29, 0.717) is 24.7 Å². The molecule has 0 N–H and O–H groups in total. The zero-order chi connectivity index (χ0) is 19.2. The number of benzene rings is 1. The van der Waals surface area contributed by atoms with Crippen LogP contribution in [0.15, 0.2) is 47.2 Å². The molecule has 0 aliphatic rings. The van der Waals surface area contributed by atoms with Crippen LogP contribution >= 0.6 is 0 Å². The molecule has 0 aliphatic carbocycles. The SMILES string of the molecule is C#C[C@@H](Cc1ccc(OC)c2occ(CCOc3ccccn3)c12)N(C)C. The Bertz CT molecular complexity index is 926. The number of hydrogen-bond donors (Lipinski definition) is 0. The number of methoxy groups -OCH3 is 1. The van der Waals surface area contributed by atoms with Crippen molar-refractivity contribution in [2.45, 2.75) is 18.9 Å². The lowest BCUT2D eigenvalue weighted by Gasteiger charge is -2.19. The summed E-state index contributed by atoms with van der Waals surface area (Å²) in [7, 11) is 5.62. The molecule has 3 rings (SSSR count). The molecule has 1 atom stereocenters. The number of hydrogen-bond acceptors (Lipinski definition) is 5. The maximum Gasteiger partial charge on any atom is 0.213 e. The summed E-state index contributed by atoms with van der Waals surface area (Å²) < 4.78 is 17.0. The Hall–Kier alpha value is -2.97. The number of terminal acetylenes is 1. The number of ether oxygens (including phenoxy) is 2. The van der Waals surface area contributed by atoms with Gasteiger partial charge in [0.1, 0.15) is 0 Å². The second-order valence-corrected chi connectivity index (χ2v) is 6.51. The highest BCUT2D eigenvalue weighted by Crippen LogP contribution is 2.34. The van der Waals surface area contributed by atoms with Crippen LogP contribution in [-0.4, -0.2) is 43.7 Å². The second kappa shape index (κ2) is 8.61. The molecule has 5 heteroatoms. The highest BCUT2D eigenvalue weighted by Gasteiger charge is 2.18. The van der Waals surface area contributed by atoms with Crippen molar-refractivity contribution in [1.29, 1.82) is 0 Å². The lowest BCUT2D eigenvalue weighted by molar-refractivity contribution is 0.309. The number of pyridine rings is 1.